The Hall–Kier alpha value is -2.04. The number of rotatable bonds is 6. The van der Waals surface area contributed by atoms with Crippen molar-refractivity contribution in [3.63, 3.8) is 0 Å². The SMILES string of the molecule is Cc1cc(C)c(S(=O)(=O)N2CCCC2C(=O)NCc2n[nH]c(=S)n2C2CC2)c(C)c1. The van der Waals surface area contributed by atoms with Gasteiger partial charge in [-0.05, 0) is 69.8 Å². The molecule has 2 fully saturated rings. The smallest absolute Gasteiger partial charge is 0.244 e. The number of nitrogens with zero attached hydrogens (tertiary/aromatic N) is 3. The molecular weight excluding hydrogens is 422 g/mol. The molecule has 30 heavy (non-hydrogen) atoms. The maximum atomic E-state index is 13.4. The van der Waals surface area contributed by atoms with Crippen molar-refractivity contribution in [3.8, 4) is 0 Å². The molecule has 1 aliphatic heterocycles. The molecule has 1 amide bonds. The van der Waals surface area contributed by atoms with Crippen LogP contribution in [0.2, 0.25) is 0 Å². The number of nitrogens with one attached hydrogen (secondary N) is 2. The summed E-state index contributed by atoms with van der Waals surface area (Å²) in [6.07, 6.45) is 3.27. The second kappa shape index (κ2) is 7.90. The second-order valence-corrected chi connectivity index (χ2v) is 10.5. The van der Waals surface area contributed by atoms with E-state index in [1.54, 1.807) is 13.8 Å². The van der Waals surface area contributed by atoms with Crippen LogP contribution < -0.4 is 5.32 Å². The summed E-state index contributed by atoms with van der Waals surface area (Å²) in [5.74, 6) is 0.378. The first-order valence-corrected chi connectivity index (χ1v) is 12.1. The van der Waals surface area contributed by atoms with Gasteiger partial charge in [0.1, 0.15) is 6.04 Å². The Morgan fingerprint density at radius 2 is 1.90 bits per heavy atom. The Morgan fingerprint density at radius 3 is 2.53 bits per heavy atom. The number of aryl methyl sites for hydroxylation is 3. The molecular formula is C20H27N5O3S2. The summed E-state index contributed by atoms with van der Waals surface area (Å²) in [7, 11) is -3.77. The van der Waals surface area contributed by atoms with E-state index in [0.29, 0.717) is 52.0 Å². The van der Waals surface area contributed by atoms with Crippen molar-refractivity contribution in [2.75, 3.05) is 6.54 Å². The molecule has 2 heterocycles. The second-order valence-electron chi connectivity index (χ2n) is 8.27. The van der Waals surface area contributed by atoms with Crippen molar-refractivity contribution < 1.29 is 13.2 Å². The first-order chi connectivity index (χ1) is 14.2. The topological polar surface area (TPSA) is 100 Å². The highest BCUT2D eigenvalue weighted by Crippen LogP contribution is 2.36. The van der Waals surface area contributed by atoms with Crippen LogP contribution in [0.25, 0.3) is 0 Å². The Labute approximate surface area is 181 Å². The molecule has 0 radical (unpaired) electrons. The summed E-state index contributed by atoms with van der Waals surface area (Å²) in [6, 6.07) is 3.36. The van der Waals surface area contributed by atoms with Crippen molar-refractivity contribution in [2.45, 2.75) is 70.0 Å². The van der Waals surface area contributed by atoms with Gasteiger partial charge in [0.15, 0.2) is 10.6 Å². The highest BCUT2D eigenvalue weighted by atomic mass is 32.2. The van der Waals surface area contributed by atoms with Crippen molar-refractivity contribution >= 4 is 28.1 Å². The normalized spacial score (nSPS) is 19.9. The predicted molar refractivity (Wildman–Crippen MR) is 115 cm³/mol. The van der Waals surface area contributed by atoms with Crippen LogP contribution >= 0.6 is 12.2 Å². The summed E-state index contributed by atoms with van der Waals surface area (Å²) >= 11 is 5.28. The zero-order valence-corrected chi connectivity index (χ0v) is 19.1. The number of sulfonamides is 1. The minimum atomic E-state index is -3.77. The maximum absolute atomic E-state index is 13.4. The van der Waals surface area contributed by atoms with Gasteiger partial charge in [0.25, 0.3) is 0 Å². The van der Waals surface area contributed by atoms with Gasteiger partial charge in [0.05, 0.1) is 11.4 Å². The molecule has 2 aliphatic rings. The molecule has 1 aliphatic carbocycles. The Kier molecular flexibility index (Phi) is 5.58. The van der Waals surface area contributed by atoms with Crippen LogP contribution in [-0.4, -0.2) is 46.0 Å². The molecule has 10 heteroatoms. The lowest BCUT2D eigenvalue weighted by molar-refractivity contribution is -0.124. The van der Waals surface area contributed by atoms with Crippen LogP contribution in [0.5, 0.6) is 0 Å². The highest BCUT2D eigenvalue weighted by Gasteiger charge is 2.40. The van der Waals surface area contributed by atoms with E-state index in [-0.39, 0.29) is 12.5 Å². The summed E-state index contributed by atoms with van der Waals surface area (Å²) in [5, 5.41) is 9.88. The molecule has 0 bridgehead atoms. The molecule has 1 aromatic carbocycles. The average molecular weight is 450 g/mol. The minimum absolute atomic E-state index is 0.218. The summed E-state index contributed by atoms with van der Waals surface area (Å²) in [4.78, 5) is 13.3. The third-order valence-corrected chi connectivity index (χ3v) is 8.29. The average Bonchev–Trinajstić information content (AvgIpc) is 3.22. The maximum Gasteiger partial charge on any atom is 0.244 e. The predicted octanol–water partition coefficient (Wildman–Crippen LogP) is 2.67. The van der Waals surface area contributed by atoms with Crippen LogP contribution in [0.3, 0.4) is 0 Å². The van der Waals surface area contributed by atoms with E-state index < -0.39 is 16.1 Å². The van der Waals surface area contributed by atoms with Gasteiger partial charge < -0.3 is 5.32 Å². The third-order valence-electron chi connectivity index (χ3n) is 5.79. The number of H-pyrrole nitrogens is 1. The van der Waals surface area contributed by atoms with Crippen molar-refractivity contribution in [1.29, 1.82) is 0 Å². The number of aromatic nitrogens is 3. The van der Waals surface area contributed by atoms with Crippen molar-refractivity contribution in [2.24, 2.45) is 0 Å². The molecule has 0 spiro atoms. The van der Waals surface area contributed by atoms with Gasteiger partial charge in [0.2, 0.25) is 15.9 Å². The molecule has 1 saturated heterocycles. The lowest BCUT2D eigenvalue weighted by Crippen LogP contribution is -2.46. The third kappa shape index (κ3) is 3.83. The highest BCUT2D eigenvalue weighted by molar-refractivity contribution is 7.89. The summed E-state index contributed by atoms with van der Waals surface area (Å²) < 4.78 is 30.7. The van der Waals surface area contributed by atoms with Crippen LogP contribution in [0.15, 0.2) is 17.0 Å². The lowest BCUT2D eigenvalue weighted by Gasteiger charge is -2.25. The van der Waals surface area contributed by atoms with Crippen LogP contribution in [0.1, 0.15) is 54.2 Å². The number of carbonyl (C=O) groups is 1. The minimum Gasteiger partial charge on any atom is -0.347 e. The fourth-order valence-corrected chi connectivity index (χ4v) is 6.81. The van der Waals surface area contributed by atoms with Gasteiger partial charge in [-0.15, -0.1) is 0 Å². The summed E-state index contributed by atoms with van der Waals surface area (Å²) in [6.45, 7) is 6.11. The standard InChI is InChI=1S/C20H27N5O3S2/c1-12-9-13(2)18(14(3)10-12)30(27,28)24-8-4-5-16(24)19(26)21-11-17-22-23-20(29)25(17)15-6-7-15/h9-10,15-16H,4-8,11H2,1-3H3,(H,21,26)(H,23,29). The van der Waals surface area contributed by atoms with E-state index in [4.69, 9.17) is 12.2 Å². The number of amides is 1. The van der Waals surface area contributed by atoms with Crippen molar-refractivity contribution in [3.05, 3.63) is 39.4 Å². The largest absolute Gasteiger partial charge is 0.347 e. The molecule has 162 valence electrons. The monoisotopic (exact) mass is 449 g/mol. The number of hydrogen-bond donors (Lipinski definition) is 2. The van der Waals surface area contributed by atoms with Crippen LogP contribution in [0.4, 0.5) is 0 Å². The molecule has 1 saturated carbocycles. The van der Waals surface area contributed by atoms with Gasteiger partial charge in [0, 0.05) is 12.6 Å². The van der Waals surface area contributed by atoms with E-state index in [1.165, 1.54) is 4.31 Å². The zero-order chi connectivity index (χ0) is 21.6. The molecule has 8 nitrogen and oxygen atoms in total. The number of carbonyl (C=O) groups excluding carboxylic acids is 1. The molecule has 2 aromatic rings. The molecule has 1 aromatic heterocycles. The number of benzene rings is 1. The first kappa shape index (κ1) is 21.2. The van der Waals surface area contributed by atoms with Gasteiger partial charge in [-0.3, -0.25) is 14.5 Å². The van der Waals surface area contributed by atoms with E-state index in [0.717, 1.165) is 18.4 Å². The van der Waals surface area contributed by atoms with E-state index >= 15 is 0 Å². The lowest BCUT2D eigenvalue weighted by atomic mass is 10.1. The quantitative estimate of drug-likeness (QED) is 0.661. The van der Waals surface area contributed by atoms with Gasteiger partial charge in [-0.1, -0.05) is 17.7 Å². The van der Waals surface area contributed by atoms with Crippen molar-refractivity contribution in [1.82, 2.24) is 24.4 Å². The Balaban J connectivity index is 1.53. The Bertz CT molecular complexity index is 1120. The first-order valence-electron chi connectivity index (χ1n) is 10.2. The van der Waals surface area contributed by atoms with Crippen LogP contribution in [-0.2, 0) is 21.4 Å². The van der Waals surface area contributed by atoms with E-state index in [1.807, 2.05) is 23.6 Å². The van der Waals surface area contributed by atoms with Gasteiger partial charge >= 0.3 is 0 Å². The fraction of sp³-hybridized carbons (Fsp3) is 0.550. The molecule has 2 N–H and O–H groups in total. The van der Waals surface area contributed by atoms with Gasteiger partial charge in [-0.2, -0.15) is 9.40 Å². The molecule has 1 atom stereocenters. The zero-order valence-electron chi connectivity index (χ0n) is 17.4. The number of aromatic amines is 1. The van der Waals surface area contributed by atoms with Gasteiger partial charge in [-0.25, -0.2) is 8.42 Å². The summed E-state index contributed by atoms with van der Waals surface area (Å²) in [5.41, 5.74) is 2.43. The fourth-order valence-electron chi connectivity index (χ4n) is 4.44. The van der Waals surface area contributed by atoms with E-state index in [9.17, 15) is 13.2 Å². The number of hydrogen-bond acceptors (Lipinski definition) is 5. The Morgan fingerprint density at radius 1 is 1.23 bits per heavy atom. The molecule has 1 unspecified atom stereocenters. The van der Waals surface area contributed by atoms with Crippen LogP contribution in [0, 0.1) is 25.5 Å². The van der Waals surface area contributed by atoms with E-state index in [2.05, 4.69) is 15.5 Å². The molecule has 4 rings (SSSR count).